The maximum atomic E-state index is 12.0. The normalized spacial score (nSPS) is 10.0. The zero-order chi connectivity index (χ0) is 17.2. The number of amides is 2. The Bertz CT molecular complexity index is 671. The lowest BCUT2D eigenvalue weighted by molar-refractivity contribution is -0.136. The van der Waals surface area contributed by atoms with Gasteiger partial charge >= 0.3 is 11.8 Å². The van der Waals surface area contributed by atoms with Crippen LogP contribution in [0.3, 0.4) is 0 Å². The molecule has 0 unspecified atom stereocenters. The van der Waals surface area contributed by atoms with Crippen LogP contribution in [0.25, 0.3) is 0 Å². The maximum absolute atomic E-state index is 12.0. The third-order valence-electron chi connectivity index (χ3n) is 3.39. The van der Waals surface area contributed by atoms with Crippen molar-refractivity contribution in [3.05, 3.63) is 60.2 Å². The van der Waals surface area contributed by atoms with Gasteiger partial charge in [-0.15, -0.1) is 0 Å². The van der Waals surface area contributed by atoms with Crippen molar-refractivity contribution in [2.45, 2.75) is 26.3 Å². The first-order chi connectivity index (χ1) is 11.7. The van der Waals surface area contributed by atoms with E-state index in [1.807, 2.05) is 36.4 Å². The van der Waals surface area contributed by atoms with Gasteiger partial charge in [0.15, 0.2) is 0 Å². The lowest BCUT2D eigenvalue weighted by Crippen LogP contribution is -2.35. The van der Waals surface area contributed by atoms with Crippen LogP contribution in [-0.2, 0) is 16.1 Å². The van der Waals surface area contributed by atoms with Crippen LogP contribution in [0.4, 0.5) is 5.69 Å². The van der Waals surface area contributed by atoms with Gasteiger partial charge in [-0.25, -0.2) is 0 Å². The van der Waals surface area contributed by atoms with Crippen LogP contribution in [0.5, 0.6) is 5.75 Å². The molecule has 5 nitrogen and oxygen atoms in total. The second kappa shape index (κ2) is 9.35. The SMILES string of the molecule is CCCCOc1ccccc1NC(=O)C(=O)NCc1ccccc1. The predicted octanol–water partition coefficient (Wildman–Crippen LogP) is 3.12. The van der Waals surface area contributed by atoms with Crippen LogP contribution in [0, 0.1) is 0 Å². The molecule has 0 atom stereocenters. The molecule has 0 saturated heterocycles. The standard InChI is InChI=1S/C19H22N2O3/c1-2-3-13-24-17-12-8-7-11-16(17)21-19(23)18(22)20-14-15-9-5-4-6-10-15/h4-12H,2-3,13-14H2,1H3,(H,20,22)(H,21,23). The van der Waals surface area contributed by atoms with Crippen LogP contribution >= 0.6 is 0 Å². The van der Waals surface area contributed by atoms with Crippen molar-refractivity contribution in [2.75, 3.05) is 11.9 Å². The van der Waals surface area contributed by atoms with Gasteiger partial charge in [0.1, 0.15) is 5.75 Å². The molecule has 0 aliphatic heterocycles. The minimum atomic E-state index is -0.711. The van der Waals surface area contributed by atoms with E-state index in [0.29, 0.717) is 24.6 Å². The number of unbranched alkanes of at least 4 members (excludes halogenated alkanes) is 1. The smallest absolute Gasteiger partial charge is 0.313 e. The number of carbonyl (C=O) groups is 2. The third-order valence-corrected chi connectivity index (χ3v) is 3.39. The first-order valence-electron chi connectivity index (χ1n) is 8.05. The summed E-state index contributed by atoms with van der Waals surface area (Å²) < 4.78 is 5.64. The highest BCUT2D eigenvalue weighted by atomic mass is 16.5. The van der Waals surface area contributed by atoms with E-state index in [-0.39, 0.29) is 0 Å². The van der Waals surface area contributed by atoms with Crippen LogP contribution in [-0.4, -0.2) is 18.4 Å². The summed E-state index contributed by atoms with van der Waals surface area (Å²) in [6.45, 7) is 2.96. The first kappa shape index (κ1) is 17.5. The van der Waals surface area contributed by atoms with E-state index in [2.05, 4.69) is 17.6 Å². The zero-order valence-corrected chi connectivity index (χ0v) is 13.7. The summed E-state index contributed by atoms with van der Waals surface area (Å²) in [5.74, 6) is -0.824. The molecule has 0 aliphatic rings. The average Bonchev–Trinajstić information content (AvgIpc) is 2.62. The average molecular weight is 326 g/mol. The van der Waals surface area contributed by atoms with Gasteiger partial charge in [-0.3, -0.25) is 9.59 Å². The number of hydrogen-bond acceptors (Lipinski definition) is 3. The van der Waals surface area contributed by atoms with Gasteiger partial charge in [0, 0.05) is 6.54 Å². The van der Waals surface area contributed by atoms with E-state index in [0.717, 1.165) is 18.4 Å². The maximum Gasteiger partial charge on any atom is 0.313 e. The van der Waals surface area contributed by atoms with Gasteiger partial charge in [-0.05, 0) is 24.1 Å². The molecule has 0 bridgehead atoms. The number of anilines is 1. The summed E-state index contributed by atoms with van der Waals surface area (Å²) >= 11 is 0. The van der Waals surface area contributed by atoms with E-state index in [9.17, 15) is 9.59 Å². The Morgan fingerprint density at radius 2 is 1.67 bits per heavy atom. The van der Waals surface area contributed by atoms with Gasteiger partial charge in [-0.1, -0.05) is 55.8 Å². The first-order valence-corrected chi connectivity index (χ1v) is 8.05. The van der Waals surface area contributed by atoms with Crippen molar-refractivity contribution >= 4 is 17.5 Å². The summed E-state index contributed by atoms with van der Waals surface area (Å²) in [5.41, 5.74) is 1.43. The Kier molecular flexibility index (Phi) is 6.83. The summed E-state index contributed by atoms with van der Waals surface area (Å²) in [6, 6.07) is 16.5. The lowest BCUT2D eigenvalue weighted by Gasteiger charge is -2.12. The van der Waals surface area contributed by atoms with Gasteiger partial charge in [0.25, 0.3) is 0 Å². The molecule has 0 aromatic heterocycles. The fourth-order valence-corrected chi connectivity index (χ4v) is 2.06. The van der Waals surface area contributed by atoms with Crippen molar-refractivity contribution in [3.63, 3.8) is 0 Å². The monoisotopic (exact) mass is 326 g/mol. The molecule has 2 rings (SSSR count). The fraction of sp³-hybridized carbons (Fsp3) is 0.263. The summed E-state index contributed by atoms with van der Waals surface area (Å²) in [4.78, 5) is 24.0. The summed E-state index contributed by atoms with van der Waals surface area (Å²) in [6.07, 6.45) is 1.95. The molecule has 0 spiro atoms. The van der Waals surface area contributed by atoms with Gasteiger partial charge in [-0.2, -0.15) is 0 Å². The number of hydrogen-bond donors (Lipinski definition) is 2. The Morgan fingerprint density at radius 3 is 2.42 bits per heavy atom. The number of ether oxygens (including phenoxy) is 1. The molecule has 5 heteroatoms. The molecule has 0 aliphatic carbocycles. The molecular formula is C19H22N2O3. The zero-order valence-electron chi connectivity index (χ0n) is 13.7. The van der Waals surface area contributed by atoms with Crippen molar-refractivity contribution < 1.29 is 14.3 Å². The molecular weight excluding hydrogens is 304 g/mol. The van der Waals surface area contributed by atoms with Crippen LogP contribution in [0.15, 0.2) is 54.6 Å². The van der Waals surface area contributed by atoms with Crippen LogP contribution in [0.1, 0.15) is 25.3 Å². The van der Waals surface area contributed by atoms with Crippen molar-refractivity contribution in [2.24, 2.45) is 0 Å². The van der Waals surface area contributed by atoms with Gasteiger partial charge in [0.05, 0.1) is 12.3 Å². The molecule has 0 saturated carbocycles. The van der Waals surface area contributed by atoms with Crippen LogP contribution < -0.4 is 15.4 Å². The Balaban J connectivity index is 1.90. The van der Waals surface area contributed by atoms with Crippen molar-refractivity contribution in [1.82, 2.24) is 5.32 Å². The number of benzene rings is 2. The number of para-hydroxylation sites is 2. The number of carbonyl (C=O) groups excluding carboxylic acids is 2. The highest BCUT2D eigenvalue weighted by Crippen LogP contribution is 2.23. The van der Waals surface area contributed by atoms with Crippen molar-refractivity contribution in [1.29, 1.82) is 0 Å². The minimum absolute atomic E-state index is 0.307. The second-order valence-corrected chi connectivity index (χ2v) is 5.32. The quantitative estimate of drug-likeness (QED) is 0.607. The molecule has 0 radical (unpaired) electrons. The van der Waals surface area contributed by atoms with Crippen LogP contribution in [0.2, 0.25) is 0 Å². The molecule has 2 aromatic rings. The topological polar surface area (TPSA) is 67.4 Å². The summed E-state index contributed by atoms with van der Waals surface area (Å²) in [7, 11) is 0. The molecule has 0 fully saturated rings. The van der Waals surface area contributed by atoms with E-state index in [1.54, 1.807) is 18.2 Å². The van der Waals surface area contributed by atoms with E-state index < -0.39 is 11.8 Å². The third kappa shape index (κ3) is 5.43. The number of rotatable bonds is 7. The van der Waals surface area contributed by atoms with Gasteiger partial charge < -0.3 is 15.4 Å². The Morgan fingerprint density at radius 1 is 0.958 bits per heavy atom. The largest absolute Gasteiger partial charge is 0.491 e. The fourth-order valence-electron chi connectivity index (χ4n) is 2.06. The Hall–Kier alpha value is -2.82. The molecule has 2 N–H and O–H groups in total. The molecule has 24 heavy (non-hydrogen) atoms. The van der Waals surface area contributed by atoms with Gasteiger partial charge in [0.2, 0.25) is 0 Å². The summed E-state index contributed by atoms with van der Waals surface area (Å²) in [5, 5.41) is 5.20. The van der Waals surface area contributed by atoms with E-state index in [1.165, 1.54) is 0 Å². The minimum Gasteiger partial charge on any atom is -0.491 e. The Labute approximate surface area is 142 Å². The van der Waals surface area contributed by atoms with E-state index >= 15 is 0 Å². The second-order valence-electron chi connectivity index (χ2n) is 5.32. The predicted molar refractivity (Wildman–Crippen MR) is 93.8 cm³/mol. The number of nitrogens with one attached hydrogen (secondary N) is 2. The molecule has 2 amide bonds. The molecule has 126 valence electrons. The highest BCUT2D eigenvalue weighted by Gasteiger charge is 2.15. The molecule has 2 aromatic carbocycles. The highest BCUT2D eigenvalue weighted by molar-refractivity contribution is 6.39. The van der Waals surface area contributed by atoms with Crippen molar-refractivity contribution in [3.8, 4) is 5.75 Å². The molecule has 0 heterocycles. The lowest BCUT2D eigenvalue weighted by atomic mass is 10.2. The van der Waals surface area contributed by atoms with E-state index in [4.69, 9.17) is 4.74 Å².